The minimum Gasteiger partial charge on any atom is -0.326 e. The fraction of sp³-hybridized carbons (Fsp3) is 0.381. The summed E-state index contributed by atoms with van der Waals surface area (Å²) in [5.74, 6) is -0.142. The zero-order valence-corrected chi connectivity index (χ0v) is 17.6. The Labute approximate surface area is 162 Å². The molecule has 0 aliphatic rings. The van der Waals surface area contributed by atoms with E-state index in [1.807, 2.05) is 46.8 Å². The van der Waals surface area contributed by atoms with Gasteiger partial charge in [-0.25, -0.2) is 8.42 Å². The molecule has 0 saturated carbocycles. The maximum Gasteiger partial charge on any atom is 0.262 e. The Bertz CT molecular complexity index is 958. The molecule has 2 N–H and O–H groups in total. The van der Waals surface area contributed by atoms with E-state index in [0.717, 1.165) is 11.1 Å². The molecular weight excluding hydrogens is 360 g/mol. The number of amides is 1. The van der Waals surface area contributed by atoms with Gasteiger partial charge in [0.25, 0.3) is 10.0 Å². The van der Waals surface area contributed by atoms with E-state index in [-0.39, 0.29) is 16.2 Å². The van der Waals surface area contributed by atoms with Crippen molar-refractivity contribution in [1.82, 2.24) is 0 Å². The van der Waals surface area contributed by atoms with Crippen molar-refractivity contribution in [2.45, 2.75) is 52.9 Å². The zero-order valence-electron chi connectivity index (χ0n) is 16.8. The maximum atomic E-state index is 12.9. The van der Waals surface area contributed by atoms with Gasteiger partial charge in [0.15, 0.2) is 0 Å². The summed E-state index contributed by atoms with van der Waals surface area (Å²) in [6.45, 7) is 11.5. The SMILES string of the molecule is Cc1ccc(NS(=O)(=O)c2cc(NC(=O)CC(C)(C)C)ccc2C)c(C)c1. The lowest BCUT2D eigenvalue weighted by Crippen LogP contribution is -2.20. The third-order valence-electron chi connectivity index (χ3n) is 4.08. The number of hydrogen-bond acceptors (Lipinski definition) is 3. The molecule has 2 aromatic carbocycles. The predicted molar refractivity (Wildman–Crippen MR) is 111 cm³/mol. The fourth-order valence-corrected chi connectivity index (χ4v) is 4.18. The molecule has 0 fully saturated rings. The van der Waals surface area contributed by atoms with Gasteiger partial charge < -0.3 is 5.32 Å². The van der Waals surface area contributed by atoms with Crippen LogP contribution in [0, 0.1) is 26.2 Å². The Morgan fingerprint density at radius 2 is 1.63 bits per heavy atom. The van der Waals surface area contributed by atoms with Crippen molar-refractivity contribution >= 4 is 27.3 Å². The minimum absolute atomic E-state index is 0.142. The Kier molecular flexibility index (Phi) is 6.00. The lowest BCUT2D eigenvalue weighted by Gasteiger charge is -2.18. The number of anilines is 2. The van der Waals surface area contributed by atoms with Gasteiger partial charge in [0.05, 0.1) is 10.6 Å². The van der Waals surface area contributed by atoms with Crippen LogP contribution in [-0.4, -0.2) is 14.3 Å². The summed E-state index contributed by atoms with van der Waals surface area (Å²) in [6, 6.07) is 10.5. The van der Waals surface area contributed by atoms with E-state index in [1.165, 1.54) is 6.07 Å². The molecule has 27 heavy (non-hydrogen) atoms. The quantitative estimate of drug-likeness (QED) is 0.773. The van der Waals surface area contributed by atoms with Gasteiger partial charge in [0.2, 0.25) is 5.91 Å². The number of nitrogens with one attached hydrogen (secondary N) is 2. The summed E-state index contributed by atoms with van der Waals surface area (Å²) in [4.78, 5) is 12.3. The van der Waals surface area contributed by atoms with Crippen LogP contribution < -0.4 is 10.0 Å². The number of sulfonamides is 1. The van der Waals surface area contributed by atoms with Gasteiger partial charge in [-0.05, 0) is 55.5 Å². The van der Waals surface area contributed by atoms with Crippen molar-refractivity contribution in [3.63, 3.8) is 0 Å². The number of benzene rings is 2. The Hall–Kier alpha value is -2.34. The van der Waals surface area contributed by atoms with E-state index < -0.39 is 10.0 Å². The first-order chi connectivity index (χ1) is 12.4. The fourth-order valence-electron chi connectivity index (χ4n) is 2.78. The largest absolute Gasteiger partial charge is 0.326 e. The van der Waals surface area contributed by atoms with Crippen LogP contribution in [0.15, 0.2) is 41.3 Å². The molecule has 0 spiro atoms. The minimum atomic E-state index is -3.77. The average molecular weight is 389 g/mol. The van der Waals surface area contributed by atoms with Crippen LogP contribution in [0.5, 0.6) is 0 Å². The molecule has 0 saturated heterocycles. The summed E-state index contributed by atoms with van der Waals surface area (Å²) in [5.41, 5.74) is 3.40. The normalized spacial score (nSPS) is 11.9. The van der Waals surface area contributed by atoms with E-state index in [4.69, 9.17) is 0 Å². The maximum absolute atomic E-state index is 12.9. The van der Waals surface area contributed by atoms with Crippen LogP contribution >= 0.6 is 0 Å². The van der Waals surface area contributed by atoms with Gasteiger partial charge in [0.1, 0.15) is 0 Å². The van der Waals surface area contributed by atoms with E-state index >= 15 is 0 Å². The molecule has 0 aromatic heterocycles. The first-order valence-corrected chi connectivity index (χ1v) is 10.4. The summed E-state index contributed by atoms with van der Waals surface area (Å²) in [6.07, 6.45) is 0.351. The Morgan fingerprint density at radius 1 is 0.963 bits per heavy atom. The third-order valence-corrected chi connectivity index (χ3v) is 5.59. The second-order valence-electron chi connectivity index (χ2n) is 8.19. The van der Waals surface area contributed by atoms with Gasteiger partial charge in [-0.1, -0.05) is 44.5 Å². The van der Waals surface area contributed by atoms with Gasteiger partial charge in [-0.2, -0.15) is 0 Å². The number of carbonyl (C=O) groups excluding carboxylic acids is 1. The van der Waals surface area contributed by atoms with E-state index in [9.17, 15) is 13.2 Å². The summed E-state index contributed by atoms with van der Waals surface area (Å²) < 4.78 is 28.5. The Morgan fingerprint density at radius 3 is 2.22 bits per heavy atom. The molecule has 0 bridgehead atoms. The number of rotatable bonds is 5. The average Bonchev–Trinajstić information content (AvgIpc) is 2.50. The van der Waals surface area contributed by atoms with Crippen molar-refractivity contribution in [1.29, 1.82) is 0 Å². The second-order valence-corrected chi connectivity index (χ2v) is 9.84. The molecule has 2 aromatic rings. The first kappa shape index (κ1) is 21.0. The van der Waals surface area contributed by atoms with Crippen LogP contribution in [0.3, 0.4) is 0 Å². The van der Waals surface area contributed by atoms with E-state index in [1.54, 1.807) is 25.1 Å². The standard InChI is InChI=1S/C21H28N2O3S/c1-14-7-10-18(16(3)11-14)23-27(25,26)19-12-17(9-8-15(19)2)22-20(24)13-21(4,5)6/h7-12,23H,13H2,1-6H3,(H,22,24). The van der Waals surface area contributed by atoms with Crippen molar-refractivity contribution < 1.29 is 13.2 Å². The second kappa shape index (κ2) is 7.72. The van der Waals surface area contributed by atoms with E-state index in [2.05, 4.69) is 10.0 Å². The molecule has 0 atom stereocenters. The van der Waals surface area contributed by atoms with Gasteiger partial charge in [-0.15, -0.1) is 0 Å². The highest BCUT2D eigenvalue weighted by atomic mass is 32.2. The molecule has 2 rings (SSSR count). The highest BCUT2D eigenvalue weighted by molar-refractivity contribution is 7.92. The topological polar surface area (TPSA) is 75.3 Å². The number of hydrogen-bond donors (Lipinski definition) is 2. The lowest BCUT2D eigenvalue weighted by molar-refractivity contribution is -0.117. The number of aryl methyl sites for hydroxylation is 3. The highest BCUT2D eigenvalue weighted by Gasteiger charge is 2.20. The van der Waals surface area contributed by atoms with Gasteiger partial charge >= 0.3 is 0 Å². The van der Waals surface area contributed by atoms with Crippen LogP contribution in [0.1, 0.15) is 43.9 Å². The van der Waals surface area contributed by atoms with Gasteiger partial charge in [-0.3, -0.25) is 9.52 Å². The van der Waals surface area contributed by atoms with E-state index in [0.29, 0.717) is 23.4 Å². The first-order valence-electron chi connectivity index (χ1n) is 8.88. The molecule has 1 amide bonds. The summed E-state index contributed by atoms with van der Waals surface area (Å²) in [7, 11) is -3.77. The molecule has 0 aliphatic carbocycles. The molecule has 0 radical (unpaired) electrons. The predicted octanol–water partition coefficient (Wildman–Crippen LogP) is 4.79. The van der Waals surface area contributed by atoms with Crippen molar-refractivity contribution in [2.24, 2.45) is 5.41 Å². The van der Waals surface area contributed by atoms with Crippen molar-refractivity contribution in [3.8, 4) is 0 Å². The monoisotopic (exact) mass is 388 g/mol. The molecule has 0 unspecified atom stereocenters. The van der Waals surface area contributed by atoms with Crippen LogP contribution in [0.4, 0.5) is 11.4 Å². The summed E-state index contributed by atoms with van der Waals surface area (Å²) >= 11 is 0. The smallest absolute Gasteiger partial charge is 0.262 e. The zero-order chi connectivity index (χ0) is 20.4. The highest BCUT2D eigenvalue weighted by Crippen LogP contribution is 2.26. The van der Waals surface area contributed by atoms with Crippen molar-refractivity contribution in [2.75, 3.05) is 10.0 Å². The molecule has 6 heteroatoms. The Balaban J connectivity index is 2.29. The van der Waals surface area contributed by atoms with Crippen LogP contribution in [0.2, 0.25) is 0 Å². The van der Waals surface area contributed by atoms with Crippen molar-refractivity contribution in [3.05, 3.63) is 53.1 Å². The lowest BCUT2D eigenvalue weighted by atomic mass is 9.92. The molecule has 5 nitrogen and oxygen atoms in total. The molecular formula is C21H28N2O3S. The molecule has 0 heterocycles. The van der Waals surface area contributed by atoms with Crippen LogP contribution in [0.25, 0.3) is 0 Å². The molecule has 0 aliphatic heterocycles. The third kappa shape index (κ3) is 5.82. The summed E-state index contributed by atoms with van der Waals surface area (Å²) in [5, 5.41) is 2.79. The molecule has 146 valence electrons. The van der Waals surface area contributed by atoms with Gasteiger partial charge in [0, 0.05) is 12.1 Å². The van der Waals surface area contributed by atoms with Crippen LogP contribution in [-0.2, 0) is 14.8 Å². The number of carbonyl (C=O) groups is 1.